The molecule has 0 heterocycles. The molecule has 0 atom stereocenters. The number of hydrogen-bond acceptors (Lipinski definition) is 2. The molecule has 0 spiro atoms. The first-order valence-electron chi connectivity index (χ1n) is 17.0. The maximum absolute atomic E-state index is 5.38. The van der Waals surface area contributed by atoms with Gasteiger partial charge in [-0.2, -0.15) is 0 Å². The van der Waals surface area contributed by atoms with Crippen molar-refractivity contribution in [1.82, 2.24) is 0 Å². The molecule has 0 radical (unpaired) electrons. The summed E-state index contributed by atoms with van der Waals surface area (Å²) in [6, 6.07) is 13.9. The van der Waals surface area contributed by atoms with Crippen molar-refractivity contribution >= 4 is 22.8 Å². The molecule has 2 aromatic carbocycles. The van der Waals surface area contributed by atoms with E-state index in [0.717, 1.165) is 56.3 Å². The lowest BCUT2D eigenvalue weighted by Crippen LogP contribution is -2.14. The van der Waals surface area contributed by atoms with Gasteiger partial charge in [-0.25, -0.2) is 0 Å². The molecule has 0 unspecified atom stereocenters. The molecule has 0 aliphatic rings. The van der Waals surface area contributed by atoms with E-state index in [1.807, 2.05) is 0 Å². The van der Waals surface area contributed by atoms with Gasteiger partial charge in [0.1, 0.15) is 0 Å². The zero-order valence-electron chi connectivity index (χ0n) is 27.1. The second-order valence-corrected chi connectivity index (χ2v) is 11.6. The smallest absolute Gasteiger partial charge is 0.0636 e. The largest absolute Gasteiger partial charge is 0.252 e. The first-order valence-corrected chi connectivity index (χ1v) is 17.0. The van der Waals surface area contributed by atoms with E-state index < -0.39 is 0 Å². The number of nitrogens with zero attached hydrogens (tertiary/aromatic N) is 2. The van der Waals surface area contributed by atoms with Crippen LogP contribution in [0, 0.1) is 0 Å². The zero-order chi connectivity index (χ0) is 29.0. The Kier molecular flexibility index (Phi) is 17.5. The van der Waals surface area contributed by atoms with E-state index in [9.17, 15) is 0 Å². The molecule has 0 aromatic heterocycles. The number of unbranched alkanes of at least 4 members (excludes halogenated alkanes) is 6. The van der Waals surface area contributed by atoms with Gasteiger partial charge in [-0.3, -0.25) is 9.98 Å². The van der Waals surface area contributed by atoms with Crippen LogP contribution in [0.4, 0.5) is 11.4 Å². The summed E-state index contributed by atoms with van der Waals surface area (Å²) in [4.78, 5) is 10.7. The fourth-order valence-electron chi connectivity index (χ4n) is 5.65. The molecule has 40 heavy (non-hydrogen) atoms. The summed E-state index contributed by atoms with van der Waals surface area (Å²) < 4.78 is 0. The molecule has 2 aromatic rings. The summed E-state index contributed by atoms with van der Waals surface area (Å²) in [7, 11) is 0. The van der Waals surface area contributed by atoms with Gasteiger partial charge < -0.3 is 0 Å². The van der Waals surface area contributed by atoms with Crippen molar-refractivity contribution in [2.75, 3.05) is 0 Å². The highest BCUT2D eigenvalue weighted by molar-refractivity contribution is 6.43. The monoisotopic (exact) mass is 544 g/mol. The number of rotatable bonds is 21. The zero-order valence-corrected chi connectivity index (χ0v) is 27.1. The molecule has 0 saturated heterocycles. The molecule has 0 aliphatic carbocycles. The summed E-state index contributed by atoms with van der Waals surface area (Å²) >= 11 is 0. The van der Waals surface area contributed by atoms with Crippen LogP contribution in [0.3, 0.4) is 0 Å². The Morgan fingerprint density at radius 3 is 1.27 bits per heavy atom. The summed E-state index contributed by atoms with van der Waals surface area (Å²) in [5, 5.41) is 0. The van der Waals surface area contributed by atoms with Crippen LogP contribution >= 0.6 is 0 Å². The second kappa shape index (κ2) is 20.6. The van der Waals surface area contributed by atoms with Crippen LogP contribution in [0.1, 0.15) is 154 Å². The van der Waals surface area contributed by atoms with E-state index in [2.05, 4.69) is 77.9 Å². The topological polar surface area (TPSA) is 24.7 Å². The molecule has 0 aliphatic heterocycles. The van der Waals surface area contributed by atoms with Gasteiger partial charge in [-0.1, -0.05) is 118 Å². The predicted octanol–water partition coefficient (Wildman–Crippen LogP) is 12.3. The summed E-state index contributed by atoms with van der Waals surface area (Å²) in [6.45, 7) is 13.7. The lowest BCUT2D eigenvalue weighted by atomic mass is 9.98. The van der Waals surface area contributed by atoms with Gasteiger partial charge in [0.25, 0.3) is 0 Å². The first kappa shape index (κ1) is 34.0. The van der Waals surface area contributed by atoms with Crippen molar-refractivity contribution in [3.8, 4) is 0 Å². The van der Waals surface area contributed by atoms with Crippen LogP contribution in [0.2, 0.25) is 0 Å². The second-order valence-electron chi connectivity index (χ2n) is 11.6. The molecule has 2 rings (SSSR count). The van der Waals surface area contributed by atoms with Crippen molar-refractivity contribution in [3.05, 3.63) is 58.7 Å². The Labute approximate surface area is 248 Å². The predicted molar refractivity (Wildman–Crippen MR) is 181 cm³/mol. The minimum atomic E-state index is 1.00. The molecule has 0 fully saturated rings. The standard InChI is InChI=1S/C38H60N2/c1-7-13-15-16-17-18-24-38(40-36-28-26-32(20-10-4)34(30-36)22-12-6)37(23-14-8-2)39-35-27-25-31(19-9-3)33(29-35)21-11-5/h25-30H,7-24H2,1-6H3. The van der Waals surface area contributed by atoms with Crippen molar-refractivity contribution in [3.63, 3.8) is 0 Å². The van der Waals surface area contributed by atoms with E-state index in [0.29, 0.717) is 0 Å². The Morgan fingerprint density at radius 1 is 0.425 bits per heavy atom. The van der Waals surface area contributed by atoms with E-state index in [4.69, 9.17) is 9.98 Å². The molecule has 0 saturated carbocycles. The number of aryl methyl sites for hydroxylation is 4. The van der Waals surface area contributed by atoms with Crippen LogP contribution in [0.15, 0.2) is 46.4 Å². The number of hydrogen-bond donors (Lipinski definition) is 0. The Balaban J connectivity index is 2.50. The van der Waals surface area contributed by atoms with Crippen molar-refractivity contribution in [2.45, 2.75) is 157 Å². The average Bonchev–Trinajstić information content (AvgIpc) is 2.95. The maximum Gasteiger partial charge on any atom is 0.0636 e. The van der Waals surface area contributed by atoms with Gasteiger partial charge >= 0.3 is 0 Å². The minimum absolute atomic E-state index is 1.00. The third-order valence-electron chi connectivity index (χ3n) is 7.85. The normalized spacial score (nSPS) is 12.3. The molecule has 2 heteroatoms. The molecule has 2 nitrogen and oxygen atoms in total. The SMILES string of the molecule is CCCCCCCCC(=Nc1ccc(CCC)c(CCC)c1)C(CCCC)=Nc1ccc(CCC)c(CCC)c1. The van der Waals surface area contributed by atoms with E-state index in [1.54, 1.807) is 0 Å². The highest BCUT2D eigenvalue weighted by Gasteiger charge is 2.13. The van der Waals surface area contributed by atoms with Gasteiger partial charge in [0.15, 0.2) is 0 Å². The Morgan fingerprint density at radius 2 is 0.825 bits per heavy atom. The average molecular weight is 545 g/mol. The highest BCUT2D eigenvalue weighted by Crippen LogP contribution is 2.26. The van der Waals surface area contributed by atoms with Crippen LogP contribution in [-0.2, 0) is 25.7 Å². The summed E-state index contributed by atoms with van der Waals surface area (Å²) in [6.07, 6.45) is 21.4. The van der Waals surface area contributed by atoms with Crippen molar-refractivity contribution in [1.29, 1.82) is 0 Å². The molecule has 0 bridgehead atoms. The van der Waals surface area contributed by atoms with Gasteiger partial charge in [0.2, 0.25) is 0 Å². The number of benzene rings is 2. The van der Waals surface area contributed by atoms with Gasteiger partial charge in [0.05, 0.1) is 22.8 Å². The van der Waals surface area contributed by atoms with Crippen molar-refractivity contribution < 1.29 is 0 Å². The third-order valence-corrected chi connectivity index (χ3v) is 7.85. The van der Waals surface area contributed by atoms with Gasteiger partial charge in [0, 0.05) is 0 Å². The first-order chi connectivity index (χ1) is 19.6. The van der Waals surface area contributed by atoms with Crippen LogP contribution in [-0.4, -0.2) is 11.4 Å². The molecule has 0 N–H and O–H groups in total. The Bertz CT molecular complexity index is 1030. The lowest BCUT2D eigenvalue weighted by Gasteiger charge is -2.14. The number of aliphatic imine (C=N–C) groups is 2. The summed E-state index contributed by atoms with van der Waals surface area (Å²) in [5.74, 6) is 0. The highest BCUT2D eigenvalue weighted by atomic mass is 14.8. The molecular weight excluding hydrogens is 484 g/mol. The van der Waals surface area contributed by atoms with E-state index in [-0.39, 0.29) is 0 Å². The molecule has 222 valence electrons. The van der Waals surface area contributed by atoms with E-state index in [1.165, 1.54) is 104 Å². The van der Waals surface area contributed by atoms with Crippen molar-refractivity contribution in [2.24, 2.45) is 9.98 Å². The fourth-order valence-corrected chi connectivity index (χ4v) is 5.65. The van der Waals surface area contributed by atoms with Gasteiger partial charge in [-0.15, -0.1) is 0 Å². The third kappa shape index (κ3) is 12.1. The quantitative estimate of drug-likeness (QED) is 0.110. The lowest BCUT2D eigenvalue weighted by molar-refractivity contribution is 0.616. The minimum Gasteiger partial charge on any atom is -0.252 e. The molecule has 0 amide bonds. The van der Waals surface area contributed by atoms with Crippen LogP contribution < -0.4 is 0 Å². The van der Waals surface area contributed by atoms with Crippen LogP contribution in [0.5, 0.6) is 0 Å². The fraction of sp³-hybridized carbons (Fsp3) is 0.632. The van der Waals surface area contributed by atoms with E-state index >= 15 is 0 Å². The summed E-state index contributed by atoms with van der Waals surface area (Å²) in [5.41, 5.74) is 10.6. The van der Waals surface area contributed by atoms with Crippen LogP contribution in [0.25, 0.3) is 0 Å². The maximum atomic E-state index is 5.38. The molecular formula is C38H60N2. The van der Waals surface area contributed by atoms with Gasteiger partial charge in [-0.05, 0) is 97.9 Å². The Hall–Kier alpha value is -2.22.